The van der Waals surface area contributed by atoms with Crippen LogP contribution in [-0.4, -0.2) is 19.0 Å². The Balaban J connectivity index is 1.89. The number of carbonyl (C=O) groups is 1. The second-order valence-electron chi connectivity index (χ2n) is 4.68. The lowest BCUT2D eigenvalue weighted by atomic mass is 10.1. The molecule has 21 heavy (non-hydrogen) atoms. The first-order chi connectivity index (χ1) is 10.1. The van der Waals surface area contributed by atoms with Crippen LogP contribution in [0.15, 0.2) is 42.5 Å². The van der Waals surface area contributed by atoms with Crippen molar-refractivity contribution in [1.82, 2.24) is 0 Å². The highest BCUT2D eigenvalue weighted by atomic mass is 35.5. The van der Waals surface area contributed by atoms with Gasteiger partial charge >= 0.3 is 0 Å². The van der Waals surface area contributed by atoms with Crippen LogP contribution in [0.4, 0.5) is 0 Å². The van der Waals surface area contributed by atoms with Crippen LogP contribution < -0.4 is 9.47 Å². The molecule has 0 unspecified atom stereocenters. The molecule has 0 aliphatic carbocycles. The number of para-hydroxylation sites is 1. The summed E-state index contributed by atoms with van der Waals surface area (Å²) in [5, 5.41) is 0.583. The predicted octanol–water partition coefficient (Wildman–Crippen LogP) is 4.31. The quantitative estimate of drug-likeness (QED) is 0.589. The van der Waals surface area contributed by atoms with E-state index >= 15 is 0 Å². The largest absolute Gasteiger partial charge is 0.489 e. The van der Waals surface area contributed by atoms with Gasteiger partial charge in [0.2, 0.25) is 0 Å². The molecule has 0 spiro atoms. The minimum Gasteiger partial charge on any atom is -0.489 e. The monoisotopic (exact) mass is 304 g/mol. The molecule has 0 atom stereocenters. The van der Waals surface area contributed by atoms with Crippen LogP contribution in [0.2, 0.25) is 5.02 Å². The maximum atomic E-state index is 11.5. The number of benzene rings is 2. The lowest BCUT2D eigenvalue weighted by Gasteiger charge is -2.11. The van der Waals surface area contributed by atoms with Gasteiger partial charge in [0, 0.05) is 0 Å². The van der Waals surface area contributed by atoms with E-state index in [1.54, 1.807) is 12.1 Å². The Hall–Kier alpha value is -2.00. The zero-order chi connectivity index (χ0) is 15.2. The SMILES string of the molecule is CC(=O)c1ccccc1OCCOc1ccc(C)cc1Cl. The minimum absolute atomic E-state index is 0.0203. The van der Waals surface area contributed by atoms with Crippen molar-refractivity contribution < 1.29 is 14.3 Å². The van der Waals surface area contributed by atoms with Gasteiger partial charge < -0.3 is 9.47 Å². The average molecular weight is 305 g/mol. The molecule has 0 bridgehead atoms. The first-order valence-electron chi connectivity index (χ1n) is 6.69. The molecule has 0 aromatic heterocycles. The summed E-state index contributed by atoms with van der Waals surface area (Å²) in [5.41, 5.74) is 1.66. The summed E-state index contributed by atoms with van der Waals surface area (Å²) in [5.74, 6) is 1.18. The van der Waals surface area contributed by atoms with Crippen molar-refractivity contribution in [2.24, 2.45) is 0 Å². The molecule has 2 aromatic rings. The molecule has 4 heteroatoms. The molecule has 0 saturated heterocycles. The zero-order valence-electron chi connectivity index (χ0n) is 12.1. The van der Waals surface area contributed by atoms with E-state index in [0.29, 0.717) is 35.3 Å². The third-order valence-corrected chi connectivity index (χ3v) is 3.25. The molecular formula is C17H17ClO3. The molecular weight excluding hydrogens is 288 g/mol. The fourth-order valence-corrected chi connectivity index (χ4v) is 2.20. The standard InChI is InChI=1S/C17H17ClO3/c1-12-7-8-17(15(18)11-12)21-10-9-20-16-6-4-3-5-14(16)13(2)19/h3-8,11H,9-10H2,1-2H3. The maximum absolute atomic E-state index is 11.5. The molecule has 0 aliphatic heterocycles. The number of rotatable bonds is 6. The lowest BCUT2D eigenvalue weighted by molar-refractivity contribution is 0.101. The molecule has 0 radical (unpaired) electrons. The number of hydrogen-bond donors (Lipinski definition) is 0. The Morgan fingerprint density at radius 1 is 1.05 bits per heavy atom. The Morgan fingerprint density at radius 2 is 1.71 bits per heavy atom. The number of ketones is 1. The van der Waals surface area contributed by atoms with Crippen molar-refractivity contribution in [3.05, 3.63) is 58.6 Å². The Bertz CT molecular complexity index is 638. The summed E-state index contributed by atoms with van der Waals surface area (Å²) in [7, 11) is 0. The number of aryl methyl sites for hydroxylation is 1. The number of carbonyl (C=O) groups excluding carboxylic acids is 1. The third kappa shape index (κ3) is 4.23. The first kappa shape index (κ1) is 15.4. The van der Waals surface area contributed by atoms with E-state index in [9.17, 15) is 4.79 Å². The second kappa shape index (κ2) is 7.14. The van der Waals surface area contributed by atoms with Crippen molar-refractivity contribution in [3.63, 3.8) is 0 Å². The predicted molar refractivity (Wildman–Crippen MR) is 83.6 cm³/mol. The van der Waals surface area contributed by atoms with Crippen molar-refractivity contribution in [2.75, 3.05) is 13.2 Å². The van der Waals surface area contributed by atoms with Gasteiger partial charge in [0.25, 0.3) is 0 Å². The maximum Gasteiger partial charge on any atom is 0.163 e. The number of ether oxygens (including phenoxy) is 2. The first-order valence-corrected chi connectivity index (χ1v) is 7.07. The van der Waals surface area contributed by atoms with Gasteiger partial charge in [-0.2, -0.15) is 0 Å². The molecule has 0 aliphatic rings. The fraction of sp³-hybridized carbons (Fsp3) is 0.235. The van der Waals surface area contributed by atoms with Gasteiger partial charge in [-0.15, -0.1) is 0 Å². The highest BCUT2D eigenvalue weighted by molar-refractivity contribution is 6.32. The molecule has 110 valence electrons. The fourth-order valence-electron chi connectivity index (χ4n) is 1.91. The van der Waals surface area contributed by atoms with E-state index in [1.165, 1.54) is 6.92 Å². The summed E-state index contributed by atoms with van der Waals surface area (Å²) in [4.78, 5) is 11.5. The average Bonchev–Trinajstić information content (AvgIpc) is 2.45. The summed E-state index contributed by atoms with van der Waals surface area (Å²) in [6.07, 6.45) is 0. The normalized spacial score (nSPS) is 10.2. The minimum atomic E-state index is -0.0203. The Labute approximate surface area is 129 Å². The van der Waals surface area contributed by atoms with Crippen LogP contribution in [0.3, 0.4) is 0 Å². The van der Waals surface area contributed by atoms with Crippen LogP contribution >= 0.6 is 11.6 Å². The van der Waals surface area contributed by atoms with Gasteiger partial charge in [-0.1, -0.05) is 29.8 Å². The van der Waals surface area contributed by atoms with Crippen LogP contribution in [0.25, 0.3) is 0 Å². The summed E-state index contributed by atoms with van der Waals surface area (Å²) in [6, 6.07) is 12.8. The van der Waals surface area contributed by atoms with E-state index in [0.717, 1.165) is 5.56 Å². The van der Waals surface area contributed by atoms with Gasteiger partial charge in [0.15, 0.2) is 5.78 Å². The second-order valence-corrected chi connectivity index (χ2v) is 5.09. The van der Waals surface area contributed by atoms with Crippen LogP contribution in [0, 0.1) is 6.92 Å². The third-order valence-electron chi connectivity index (χ3n) is 2.95. The van der Waals surface area contributed by atoms with Crippen LogP contribution in [-0.2, 0) is 0 Å². The molecule has 0 heterocycles. The van der Waals surface area contributed by atoms with Crippen LogP contribution in [0.5, 0.6) is 11.5 Å². The molecule has 0 N–H and O–H groups in total. The van der Waals surface area contributed by atoms with Gasteiger partial charge in [0.05, 0.1) is 10.6 Å². The topological polar surface area (TPSA) is 35.5 Å². The van der Waals surface area contributed by atoms with E-state index < -0.39 is 0 Å². The van der Waals surface area contributed by atoms with Crippen molar-refractivity contribution in [3.8, 4) is 11.5 Å². The number of halogens is 1. The van der Waals surface area contributed by atoms with Crippen LogP contribution in [0.1, 0.15) is 22.8 Å². The van der Waals surface area contributed by atoms with E-state index in [-0.39, 0.29) is 5.78 Å². The Morgan fingerprint density at radius 3 is 2.38 bits per heavy atom. The van der Waals surface area contributed by atoms with Crippen molar-refractivity contribution in [1.29, 1.82) is 0 Å². The summed E-state index contributed by atoms with van der Waals surface area (Å²) < 4.78 is 11.2. The molecule has 0 saturated carbocycles. The van der Waals surface area contributed by atoms with Gasteiger partial charge in [-0.3, -0.25) is 4.79 Å². The van der Waals surface area contributed by atoms with Gasteiger partial charge in [0.1, 0.15) is 24.7 Å². The van der Waals surface area contributed by atoms with E-state index in [4.69, 9.17) is 21.1 Å². The van der Waals surface area contributed by atoms with Gasteiger partial charge in [-0.05, 0) is 43.7 Å². The molecule has 0 amide bonds. The van der Waals surface area contributed by atoms with E-state index in [2.05, 4.69) is 0 Å². The smallest absolute Gasteiger partial charge is 0.163 e. The summed E-state index contributed by atoms with van der Waals surface area (Å²) in [6.45, 7) is 4.19. The molecule has 0 fully saturated rings. The molecule has 2 aromatic carbocycles. The highest BCUT2D eigenvalue weighted by Gasteiger charge is 2.07. The van der Waals surface area contributed by atoms with Crippen molar-refractivity contribution >= 4 is 17.4 Å². The highest BCUT2D eigenvalue weighted by Crippen LogP contribution is 2.25. The number of hydrogen-bond acceptors (Lipinski definition) is 3. The zero-order valence-corrected chi connectivity index (χ0v) is 12.8. The van der Waals surface area contributed by atoms with Crippen molar-refractivity contribution in [2.45, 2.75) is 13.8 Å². The number of Topliss-reactive ketones (excluding diaryl/α,β-unsaturated/α-hetero) is 1. The van der Waals surface area contributed by atoms with E-state index in [1.807, 2.05) is 37.3 Å². The van der Waals surface area contributed by atoms with Gasteiger partial charge in [-0.25, -0.2) is 0 Å². The molecule has 3 nitrogen and oxygen atoms in total. The lowest BCUT2D eigenvalue weighted by Crippen LogP contribution is -2.11. The molecule has 2 rings (SSSR count). The summed E-state index contributed by atoms with van der Waals surface area (Å²) >= 11 is 6.08. The Kier molecular flexibility index (Phi) is 5.23.